The summed E-state index contributed by atoms with van der Waals surface area (Å²) >= 11 is 4.89. The molecule has 0 aromatic heterocycles. The van der Waals surface area contributed by atoms with Crippen LogP contribution in [0.3, 0.4) is 0 Å². The smallest absolute Gasteiger partial charge is 0.224 e. The molecule has 0 spiro atoms. The van der Waals surface area contributed by atoms with Crippen molar-refractivity contribution in [1.82, 2.24) is 5.32 Å². The summed E-state index contributed by atoms with van der Waals surface area (Å²) in [5, 5.41) is 5.14. The third kappa shape index (κ3) is 3.54. The molecule has 1 unspecified atom stereocenters. The summed E-state index contributed by atoms with van der Waals surface area (Å²) in [6.45, 7) is 2.39. The van der Waals surface area contributed by atoms with Crippen LogP contribution in [0.2, 0.25) is 0 Å². The van der Waals surface area contributed by atoms with Crippen LogP contribution in [-0.4, -0.2) is 17.4 Å². The third-order valence-electron chi connectivity index (χ3n) is 3.32. The van der Waals surface area contributed by atoms with Gasteiger partial charge in [0, 0.05) is 12.5 Å². The summed E-state index contributed by atoms with van der Waals surface area (Å²) in [4.78, 5) is 12.4. The van der Waals surface area contributed by atoms with Crippen molar-refractivity contribution in [3.05, 3.63) is 48.0 Å². The predicted molar refractivity (Wildman–Crippen MR) is 86.6 cm³/mol. The van der Waals surface area contributed by atoms with Gasteiger partial charge in [0.05, 0.1) is 11.4 Å². The highest BCUT2D eigenvalue weighted by molar-refractivity contribution is 7.80. The van der Waals surface area contributed by atoms with Crippen molar-refractivity contribution in [1.29, 1.82) is 0 Å². The minimum absolute atomic E-state index is 0.00977. The molecule has 0 saturated carbocycles. The summed E-state index contributed by atoms with van der Waals surface area (Å²) in [5.41, 5.74) is 6.56. The second-order valence-electron chi connectivity index (χ2n) is 4.92. The van der Waals surface area contributed by atoms with Gasteiger partial charge >= 0.3 is 0 Å². The van der Waals surface area contributed by atoms with E-state index in [4.69, 9.17) is 18.0 Å². The highest BCUT2D eigenvalue weighted by atomic mass is 32.1. The summed E-state index contributed by atoms with van der Waals surface area (Å²) in [5.74, 6) is 0.00548. The van der Waals surface area contributed by atoms with Crippen LogP contribution >= 0.6 is 12.2 Å². The molecule has 0 saturated heterocycles. The Hall–Kier alpha value is -1.94. The zero-order valence-electron chi connectivity index (χ0n) is 11.4. The van der Waals surface area contributed by atoms with Crippen LogP contribution in [0.1, 0.15) is 12.5 Å². The van der Waals surface area contributed by atoms with E-state index in [1.54, 1.807) is 0 Å². The first-order valence-corrected chi connectivity index (χ1v) is 7.01. The monoisotopic (exact) mass is 286 g/mol. The van der Waals surface area contributed by atoms with E-state index in [1.807, 2.05) is 49.4 Å². The van der Waals surface area contributed by atoms with Gasteiger partial charge in [-0.15, -0.1) is 0 Å². The predicted octanol–water partition coefficient (Wildman–Crippen LogP) is 2.42. The number of hydrogen-bond acceptors (Lipinski definition) is 2. The van der Waals surface area contributed by atoms with Gasteiger partial charge in [-0.3, -0.25) is 4.79 Å². The highest BCUT2D eigenvalue weighted by Crippen LogP contribution is 2.18. The van der Waals surface area contributed by atoms with E-state index < -0.39 is 0 Å². The van der Waals surface area contributed by atoms with Crippen molar-refractivity contribution in [2.75, 3.05) is 6.54 Å². The van der Waals surface area contributed by atoms with Gasteiger partial charge in [0.2, 0.25) is 5.91 Å². The van der Waals surface area contributed by atoms with Crippen molar-refractivity contribution < 1.29 is 4.79 Å². The maximum absolute atomic E-state index is 12.0. The molecule has 2 rings (SSSR count). The highest BCUT2D eigenvalue weighted by Gasteiger charge is 2.09. The lowest BCUT2D eigenvalue weighted by molar-refractivity contribution is -0.120. The van der Waals surface area contributed by atoms with E-state index in [-0.39, 0.29) is 11.8 Å². The van der Waals surface area contributed by atoms with E-state index in [0.717, 1.165) is 16.3 Å². The van der Waals surface area contributed by atoms with Crippen LogP contribution in [0.25, 0.3) is 10.8 Å². The van der Waals surface area contributed by atoms with Crippen molar-refractivity contribution in [2.24, 2.45) is 11.7 Å². The lowest BCUT2D eigenvalue weighted by Gasteiger charge is -2.11. The average molecular weight is 286 g/mol. The van der Waals surface area contributed by atoms with Crippen molar-refractivity contribution in [3.63, 3.8) is 0 Å². The molecule has 20 heavy (non-hydrogen) atoms. The average Bonchev–Trinajstić information content (AvgIpc) is 2.45. The fraction of sp³-hybridized carbons (Fsp3) is 0.250. The Morgan fingerprint density at radius 2 is 1.95 bits per heavy atom. The number of benzene rings is 2. The zero-order valence-corrected chi connectivity index (χ0v) is 12.2. The van der Waals surface area contributed by atoms with E-state index in [9.17, 15) is 4.79 Å². The molecule has 0 aliphatic heterocycles. The van der Waals surface area contributed by atoms with Crippen LogP contribution in [0.5, 0.6) is 0 Å². The van der Waals surface area contributed by atoms with Crippen molar-refractivity contribution in [3.8, 4) is 0 Å². The SMILES string of the molecule is CC(CNC(=O)Cc1cccc2ccccc12)C(N)=S. The Kier molecular flexibility index (Phi) is 4.69. The van der Waals surface area contributed by atoms with Crippen molar-refractivity contribution >= 4 is 33.9 Å². The van der Waals surface area contributed by atoms with Crippen LogP contribution < -0.4 is 11.1 Å². The van der Waals surface area contributed by atoms with Gasteiger partial charge in [-0.1, -0.05) is 61.6 Å². The summed E-state index contributed by atoms with van der Waals surface area (Å²) < 4.78 is 0. The maximum atomic E-state index is 12.0. The third-order valence-corrected chi connectivity index (χ3v) is 3.72. The first-order chi connectivity index (χ1) is 9.58. The largest absolute Gasteiger partial charge is 0.393 e. The zero-order chi connectivity index (χ0) is 14.5. The number of fused-ring (bicyclic) bond motifs is 1. The second-order valence-corrected chi connectivity index (χ2v) is 5.39. The van der Waals surface area contributed by atoms with Crippen LogP contribution in [-0.2, 0) is 11.2 Å². The summed E-state index contributed by atoms with van der Waals surface area (Å²) in [6.07, 6.45) is 0.366. The molecule has 1 atom stereocenters. The minimum Gasteiger partial charge on any atom is -0.393 e. The number of hydrogen-bond donors (Lipinski definition) is 2. The number of carbonyl (C=O) groups excluding carboxylic acids is 1. The number of nitrogens with two attached hydrogens (primary N) is 1. The summed E-state index contributed by atoms with van der Waals surface area (Å²) in [7, 11) is 0. The molecule has 0 aliphatic carbocycles. The standard InChI is InChI=1S/C16H18N2OS/c1-11(16(17)20)10-18-15(19)9-13-7-4-6-12-5-2-3-8-14(12)13/h2-8,11H,9-10H2,1H3,(H2,17,20)(H,18,19). The van der Waals surface area contributed by atoms with Crippen LogP contribution in [0.4, 0.5) is 0 Å². The van der Waals surface area contributed by atoms with Gasteiger partial charge in [-0.25, -0.2) is 0 Å². The Morgan fingerprint density at radius 1 is 1.25 bits per heavy atom. The molecule has 0 heterocycles. The number of thiocarbonyl (C=S) groups is 1. The lowest BCUT2D eigenvalue weighted by Crippen LogP contribution is -2.34. The Bertz CT molecular complexity index is 634. The molecule has 3 N–H and O–H groups in total. The van der Waals surface area contributed by atoms with Crippen LogP contribution in [0, 0.1) is 5.92 Å². The molecule has 0 radical (unpaired) electrons. The van der Waals surface area contributed by atoms with Gasteiger partial charge in [-0.05, 0) is 16.3 Å². The molecule has 0 aliphatic rings. The number of amides is 1. The second kappa shape index (κ2) is 6.48. The molecule has 0 fully saturated rings. The van der Waals surface area contributed by atoms with Gasteiger partial charge in [-0.2, -0.15) is 0 Å². The topological polar surface area (TPSA) is 55.1 Å². The quantitative estimate of drug-likeness (QED) is 0.830. The van der Waals surface area contributed by atoms with Gasteiger partial charge in [0.1, 0.15) is 0 Å². The first-order valence-electron chi connectivity index (χ1n) is 6.60. The number of carbonyl (C=O) groups is 1. The van der Waals surface area contributed by atoms with Gasteiger partial charge < -0.3 is 11.1 Å². The molecule has 4 heteroatoms. The first kappa shape index (κ1) is 14.5. The Labute approximate surface area is 124 Å². The van der Waals surface area contributed by atoms with E-state index in [0.29, 0.717) is 18.0 Å². The minimum atomic E-state index is -0.00977. The molecule has 3 nitrogen and oxygen atoms in total. The Balaban J connectivity index is 2.05. The molecular weight excluding hydrogens is 268 g/mol. The molecular formula is C16H18N2OS. The normalized spacial score (nSPS) is 12.1. The number of nitrogens with one attached hydrogen (secondary N) is 1. The fourth-order valence-electron chi connectivity index (χ4n) is 2.05. The van der Waals surface area contributed by atoms with E-state index >= 15 is 0 Å². The van der Waals surface area contributed by atoms with Gasteiger partial charge in [0.15, 0.2) is 0 Å². The maximum Gasteiger partial charge on any atom is 0.224 e. The molecule has 1 amide bonds. The molecule has 104 valence electrons. The van der Waals surface area contributed by atoms with E-state index in [2.05, 4.69) is 5.32 Å². The molecule has 2 aromatic rings. The fourth-order valence-corrected chi connectivity index (χ4v) is 2.13. The number of rotatable bonds is 5. The summed E-state index contributed by atoms with van der Waals surface area (Å²) in [6, 6.07) is 14.1. The lowest BCUT2D eigenvalue weighted by atomic mass is 10.0. The van der Waals surface area contributed by atoms with Crippen molar-refractivity contribution in [2.45, 2.75) is 13.3 Å². The molecule has 2 aromatic carbocycles. The van der Waals surface area contributed by atoms with Crippen LogP contribution in [0.15, 0.2) is 42.5 Å². The van der Waals surface area contributed by atoms with Gasteiger partial charge in [0.25, 0.3) is 0 Å². The van der Waals surface area contributed by atoms with E-state index in [1.165, 1.54) is 0 Å². The Morgan fingerprint density at radius 3 is 2.70 bits per heavy atom. The molecule has 0 bridgehead atoms.